The van der Waals surface area contributed by atoms with E-state index in [2.05, 4.69) is 23.1 Å². The molecule has 0 saturated carbocycles. The van der Waals surface area contributed by atoms with Crippen molar-refractivity contribution in [1.29, 1.82) is 0 Å². The molecule has 0 heterocycles. The number of halogens is 52. The molecule has 0 amide bonds. The molecule has 4 unspecified atom stereocenters. The minimum absolute atomic E-state index is 0.208. The first-order chi connectivity index (χ1) is 44.7. The standard InChI is InChI=1S/C44H40F52O5Si2/c1-5-97-13-17(9-21(45,46)25(53,54)29(61,62)33(69,70)37(77,78)41(85,86)87)102(18(14-98-6-2)10-22(47,48)26(55,56)30(63,64)34(71,72)38(79,80)42(88,89)90)101-103(19(15-99-7-3)11-23(49,50)27(57,58)31(65,66)35(73,74)39(81,82)43(91,92)93)20(16-100-8-4)12-24(51,52)28(59,60)32(67,68)36(75,76)40(83,84)44(94,95)96/h17-20H,5-16H2,1-4H3. The molecule has 59 heteroatoms. The normalized spacial score (nSPS) is 17.4. The van der Waals surface area contributed by atoms with Gasteiger partial charge in [-0.05, 0) is 27.7 Å². The van der Waals surface area contributed by atoms with Crippen LogP contribution in [0.3, 0.4) is 0 Å². The van der Waals surface area contributed by atoms with Crippen molar-refractivity contribution in [3.8, 4) is 0 Å². The average molecular weight is 1690 g/mol. The van der Waals surface area contributed by atoms with Gasteiger partial charge in [0.05, 0.1) is 0 Å². The highest BCUT2D eigenvalue weighted by atomic mass is 28.4. The summed E-state index contributed by atoms with van der Waals surface area (Å²) in [4.78, 5) is 0. The lowest BCUT2D eigenvalue weighted by molar-refractivity contribution is -0.440. The largest absolute Gasteiger partial charge is 0.460 e. The fraction of sp³-hybridized carbons (Fsp3) is 1.00. The molecule has 0 aliphatic rings. The first-order valence-corrected chi connectivity index (χ1v) is 29.3. The molecule has 2 radical (unpaired) electrons. The van der Waals surface area contributed by atoms with Gasteiger partial charge in [0.2, 0.25) is 18.1 Å². The minimum atomic E-state index is -9.28. The highest BCUT2D eigenvalue weighted by Gasteiger charge is 2.95. The summed E-state index contributed by atoms with van der Waals surface area (Å²) in [5.41, 5.74) is -19.1. The van der Waals surface area contributed by atoms with Gasteiger partial charge in [0, 0.05) is 101 Å². The molecule has 5 nitrogen and oxygen atoms in total. The highest BCUT2D eigenvalue weighted by Crippen LogP contribution is 2.68. The van der Waals surface area contributed by atoms with Gasteiger partial charge in [0.1, 0.15) is 0 Å². The van der Waals surface area contributed by atoms with Crippen molar-refractivity contribution in [3.05, 3.63) is 0 Å². The number of hydrogen-bond donors (Lipinski definition) is 0. The van der Waals surface area contributed by atoms with Crippen molar-refractivity contribution >= 4 is 18.1 Å². The Hall–Kier alpha value is -3.41. The van der Waals surface area contributed by atoms with Crippen molar-refractivity contribution < 1.29 is 251 Å². The fourth-order valence-electron chi connectivity index (χ4n) is 8.10. The van der Waals surface area contributed by atoms with Crippen LogP contribution >= 0.6 is 0 Å². The first kappa shape index (κ1) is 99.6. The molecule has 0 aromatic carbocycles. The molecular formula is C44H40F52O5Si2. The van der Waals surface area contributed by atoms with Crippen LogP contribution in [0.15, 0.2) is 0 Å². The van der Waals surface area contributed by atoms with Crippen molar-refractivity contribution in [2.24, 2.45) is 0 Å². The zero-order valence-corrected chi connectivity index (χ0v) is 51.5. The summed E-state index contributed by atoms with van der Waals surface area (Å²) in [5, 5.41) is 0. The van der Waals surface area contributed by atoms with Gasteiger partial charge in [-0.25, -0.2) is 0 Å². The zero-order valence-electron chi connectivity index (χ0n) is 49.5. The Labute approximate surface area is 541 Å². The van der Waals surface area contributed by atoms with Gasteiger partial charge in [-0.2, -0.15) is 228 Å². The average Bonchev–Trinajstić information content (AvgIpc) is 0.729. The maximum atomic E-state index is 16.2. The van der Waals surface area contributed by atoms with Gasteiger partial charge < -0.3 is 23.1 Å². The fourth-order valence-corrected chi connectivity index (χ4v) is 16.1. The molecule has 4 atom stereocenters. The van der Waals surface area contributed by atoms with Crippen LogP contribution in [0.2, 0.25) is 22.2 Å². The topological polar surface area (TPSA) is 46.2 Å². The molecule has 0 spiro atoms. The van der Waals surface area contributed by atoms with E-state index in [0.717, 1.165) is 0 Å². The molecule has 0 aromatic heterocycles. The summed E-state index contributed by atoms with van der Waals surface area (Å²) >= 11 is 0. The summed E-state index contributed by atoms with van der Waals surface area (Å²) in [6.45, 7) is -18.6. The second-order valence-corrected chi connectivity index (χ2v) is 26.8. The van der Waals surface area contributed by atoms with E-state index in [0.29, 0.717) is 0 Å². The molecule has 103 heavy (non-hydrogen) atoms. The first-order valence-electron chi connectivity index (χ1n) is 26.2. The lowest BCUT2D eigenvalue weighted by atomic mass is 9.92. The second-order valence-electron chi connectivity index (χ2n) is 21.1. The summed E-state index contributed by atoms with van der Waals surface area (Å²) in [6, 6.07) is 0. The molecule has 0 aromatic rings. The smallest absolute Gasteiger partial charge is 0.455 e. The maximum absolute atomic E-state index is 16.2. The molecule has 0 rings (SSSR count). The molecule has 0 bridgehead atoms. The van der Waals surface area contributed by atoms with Crippen molar-refractivity contribution in [2.75, 3.05) is 52.9 Å². The highest BCUT2D eigenvalue weighted by molar-refractivity contribution is 6.69. The molecule has 0 aliphatic heterocycles. The maximum Gasteiger partial charge on any atom is 0.460 e. The third kappa shape index (κ3) is 17.0. The predicted octanol–water partition coefficient (Wildman–Crippen LogP) is 21.1. The van der Waals surface area contributed by atoms with Crippen LogP contribution in [0.4, 0.5) is 228 Å². The van der Waals surface area contributed by atoms with Crippen LogP contribution in [0, 0.1) is 0 Å². The van der Waals surface area contributed by atoms with Crippen LogP contribution in [-0.4, -0.2) is 214 Å². The molecular weight excluding hydrogens is 1650 g/mol. The van der Waals surface area contributed by atoms with Gasteiger partial charge in [0.25, 0.3) is 0 Å². The molecule has 0 aliphatic carbocycles. The summed E-state index contributed by atoms with van der Waals surface area (Å²) in [6.07, 6.45) is -52.1. The van der Waals surface area contributed by atoms with Crippen molar-refractivity contribution in [2.45, 2.75) is 219 Å². The van der Waals surface area contributed by atoms with E-state index in [1.807, 2.05) is 0 Å². The Morgan fingerprint density at radius 3 is 0.408 bits per heavy atom. The van der Waals surface area contributed by atoms with E-state index >= 15 is 105 Å². The van der Waals surface area contributed by atoms with Gasteiger partial charge in [0.15, 0.2) is 0 Å². The summed E-state index contributed by atoms with van der Waals surface area (Å²) in [5.74, 6) is -178. The lowest BCUT2D eigenvalue weighted by Gasteiger charge is -2.45. The minimum Gasteiger partial charge on any atom is -0.455 e. The van der Waals surface area contributed by atoms with Gasteiger partial charge in [-0.15, -0.1) is 0 Å². The summed E-state index contributed by atoms with van der Waals surface area (Å²) in [7, 11) is -14.0. The Morgan fingerprint density at radius 2 is 0.301 bits per heavy atom. The van der Waals surface area contributed by atoms with E-state index in [1.165, 1.54) is 0 Å². The number of ether oxygens (including phenoxy) is 4. The summed E-state index contributed by atoms with van der Waals surface area (Å²) < 4.78 is 779. The third-order valence-corrected chi connectivity index (χ3v) is 20.5. The number of alkyl halides is 52. The van der Waals surface area contributed by atoms with Gasteiger partial charge in [-0.3, -0.25) is 0 Å². The predicted molar refractivity (Wildman–Crippen MR) is 235 cm³/mol. The van der Waals surface area contributed by atoms with Crippen LogP contribution in [0.1, 0.15) is 53.4 Å². The van der Waals surface area contributed by atoms with Gasteiger partial charge >= 0.3 is 143 Å². The Bertz CT molecular complexity index is 2350. The Kier molecular flexibility index (Phi) is 29.4. The van der Waals surface area contributed by atoms with E-state index in [4.69, 9.17) is 0 Å². The quantitative estimate of drug-likeness (QED) is 0.0450. The molecule has 618 valence electrons. The van der Waals surface area contributed by atoms with Crippen LogP contribution in [0.25, 0.3) is 0 Å². The zero-order chi connectivity index (χ0) is 83.5. The van der Waals surface area contributed by atoms with Crippen LogP contribution < -0.4 is 0 Å². The third-order valence-electron chi connectivity index (χ3n) is 13.9. The van der Waals surface area contributed by atoms with E-state index in [-0.39, 0.29) is 27.7 Å². The number of hydrogen-bond acceptors (Lipinski definition) is 5. The SMILES string of the molecule is CCOCC(CC(F)(F)C(F)(F)C(F)(F)C(F)(F)C(F)(F)C(F)(F)F)[Si](O[Si](C(COCC)CC(F)(F)C(F)(F)C(F)(F)C(F)(F)C(F)(F)C(F)(F)F)C(COCC)CC(F)(F)C(F)(F)C(F)(F)C(F)(F)C(F)(F)C(F)(F)F)C(COCC)CC(F)(F)C(F)(F)C(F)(F)C(F)(F)C(F)(F)C(F)(F)F. The number of rotatable bonds is 42. The molecule has 0 N–H and O–H groups in total. The molecule has 0 fully saturated rings. The van der Waals surface area contributed by atoms with Crippen molar-refractivity contribution in [3.63, 3.8) is 0 Å². The second kappa shape index (κ2) is 30.5. The van der Waals surface area contributed by atoms with Crippen molar-refractivity contribution in [1.82, 2.24) is 0 Å². The van der Waals surface area contributed by atoms with Gasteiger partial charge in [-0.1, -0.05) is 0 Å². The van der Waals surface area contributed by atoms with E-state index in [1.54, 1.807) is 0 Å². The lowest BCUT2D eigenvalue weighted by Crippen LogP contribution is -2.70. The Morgan fingerprint density at radius 1 is 0.184 bits per heavy atom. The van der Waals surface area contributed by atoms with Crippen LogP contribution in [0.5, 0.6) is 0 Å². The molecule has 0 saturated heterocycles. The van der Waals surface area contributed by atoms with E-state index < -0.39 is 262 Å². The monoisotopic (exact) mass is 1690 g/mol. The van der Waals surface area contributed by atoms with E-state index in [9.17, 15) is 123 Å². The Balaban J connectivity index is 10.8. The van der Waals surface area contributed by atoms with Crippen LogP contribution in [-0.2, 0) is 23.1 Å².